The fraction of sp³-hybridized carbons (Fsp3) is 0.731. The van der Waals surface area contributed by atoms with Gasteiger partial charge in [-0.3, -0.25) is 4.90 Å². The average molecular weight is 412 g/mol. The quantitative estimate of drug-likeness (QED) is 0.590. The van der Waals surface area contributed by atoms with Crippen LogP contribution in [0.25, 0.3) is 0 Å². The highest BCUT2D eigenvalue weighted by molar-refractivity contribution is 5.79. The molecule has 2 saturated heterocycles. The van der Waals surface area contributed by atoms with Crippen LogP contribution in [0.3, 0.4) is 0 Å². The Morgan fingerprint density at radius 1 is 1.03 bits per heavy atom. The maximum atomic E-state index is 13.6. The number of hydrogen-bond acceptors (Lipinski definition) is 2. The molecule has 4 heteroatoms. The van der Waals surface area contributed by atoms with E-state index in [9.17, 15) is 4.79 Å². The third kappa shape index (κ3) is 4.39. The monoisotopic (exact) mass is 411 g/mol. The third-order valence-corrected chi connectivity index (χ3v) is 8.15. The zero-order valence-electron chi connectivity index (χ0n) is 19.2. The van der Waals surface area contributed by atoms with Gasteiger partial charge in [0.15, 0.2) is 0 Å². The van der Waals surface area contributed by atoms with Crippen molar-refractivity contribution in [3.63, 3.8) is 0 Å². The number of amides is 2. The van der Waals surface area contributed by atoms with Crippen molar-refractivity contribution in [2.75, 3.05) is 26.2 Å². The fourth-order valence-electron chi connectivity index (χ4n) is 6.17. The van der Waals surface area contributed by atoms with Crippen molar-refractivity contribution in [2.45, 2.75) is 89.8 Å². The maximum Gasteiger partial charge on any atom is 0.320 e. The van der Waals surface area contributed by atoms with Crippen LogP contribution in [0.5, 0.6) is 0 Å². The average Bonchev–Trinajstić information content (AvgIpc) is 2.96. The minimum Gasteiger partial charge on any atom is -0.319 e. The van der Waals surface area contributed by atoms with Gasteiger partial charge < -0.3 is 9.80 Å². The molecule has 1 unspecified atom stereocenters. The minimum absolute atomic E-state index is 0.0358. The predicted molar refractivity (Wildman–Crippen MR) is 123 cm³/mol. The Morgan fingerprint density at radius 3 is 2.40 bits per heavy atom. The van der Waals surface area contributed by atoms with E-state index in [0.717, 1.165) is 58.4 Å². The van der Waals surface area contributed by atoms with Crippen molar-refractivity contribution in [1.82, 2.24) is 14.7 Å². The lowest BCUT2D eigenvalue weighted by atomic mass is 9.80. The van der Waals surface area contributed by atoms with Crippen molar-refractivity contribution < 1.29 is 4.79 Å². The van der Waals surface area contributed by atoms with Gasteiger partial charge in [-0.25, -0.2) is 4.79 Å². The highest BCUT2D eigenvalue weighted by Crippen LogP contribution is 2.42. The summed E-state index contributed by atoms with van der Waals surface area (Å²) in [5, 5.41) is 0. The van der Waals surface area contributed by atoms with Crippen molar-refractivity contribution >= 4 is 6.03 Å². The second kappa shape index (κ2) is 9.72. The molecular formula is C26H41N3O. The number of rotatable bonds is 7. The van der Waals surface area contributed by atoms with Gasteiger partial charge >= 0.3 is 6.03 Å². The number of likely N-dealkylation sites (tertiary alicyclic amines) is 1. The van der Waals surface area contributed by atoms with E-state index in [0.29, 0.717) is 18.0 Å². The highest BCUT2D eigenvalue weighted by Gasteiger charge is 2.55. The van der Waals surface area contributed by atoms with Gasteiger partial charge in [0.2, 0.25) is 0 Å². The van der Waals surface area contributed by atoms with E-state index < -0.39 is 0 Å². The topological polar surface area (TPSA) is 26.8 Å². The SMILES string of the molecule is CCCCN1C(=O)N(CC2CCCCC2)C(C)C12CCN(Cc1ccccc1)CC2. The Hall–Kier alpha value is -1.55. The predicted octanol–water partition coefficient (Wildman–Crippen LogP) is 5.53. The van der Waals surface area contributed by atoms with Crippen LogP contribution in [-0.4, -0.2) is 58.5 Å². The molecule has 3 aliphatic rings. The van der Waals surface area contributed by atoms with E-state index in [2.05, 4.69) is 58.9 Å². The van der Waals surface area contributed by atoms with E-state index in [4.69, 9.17) is 0 Å². The van der Waals surface area contributed by atoms with Crippen LogP contribution in [0, 0.1) is 5.92 Å². The van der Waals surface area contributed by atoms with Crippen LogP contribution in [0.2, 0.25) is 0 Å². The Morgan fingerprint density at radius 2 is 1.73 bits per heavy atom. The summed E-state index contributed by atoms with van der Waals surface area (Å²) in [4.78, 5) is 20.7. The summed E-state index contributed by atoms with van der Waals surface area (Å²) in [6.07, 6.45) is 11.2. The second-order valence-corrected chi connectivity index (χ2v) is 9.99. The summed E-state index contributed by atoms with van der Waals surface area (Å²) in [7, 11) is 0. The summed E-state index contributed by atoms with van der Waals surface area (Å²) in [6.45, 7) is 9.70. The van der Waals surface area contributed by atoms with Gasteiger partial charge in [-0.2, -0.15) is 0 Å². The lowest BCUT2D eigenvalue weighted by molar-refractivity contribution is 0.0475. The van der Waals surface area contributed by atoms with Gasteiger partial charge in [0.1, 0.15) is 0 Å². The Balaban J connectivity index is 1.45. The van der Waals surface area contributed by atoms with Crippen LogP contribution in [0.4, 0.5) is 4.79 Å². The van der Waals surface area contributed by atoms with Crippen molar-refractivity contribution in [3.05, 3.63) is 35.9 Å². The van der Waals surface area contributed by atoms with Crippen LogP contribution < -0.4 is 0 Å². The van der Waals surface area contributed by atoms with Crippen molar-refractivity contribution in [2.24, 2.45) is 5.92 Å². The number of carbonyl (C=O) groups excluding carboxylic acids is 1. The minimum atomic E-state index is 0.0358. The molecule has 1 spiro atoms. The smallest absolute Gasteiger partial charge is 0.319 e. The van der Waals surface area contributed by atoms with Gasteiger partial charge in [0, 0.05) is 32.7 Å². The molecule has 2 heterocycles. The molecule has 1 atom stereocenters. The van der Waals surface area contributed by atoms with Crippen LogP contribution in [0.1, 0.15) is 77.2 Å². The Bertz CT molecular complexity index is 677. The molecule has 4 rings (SSSR count). The maximum absolute atomic E-state index is 13.6. The van der Waals surface area contributed by atoms with Crippen LogP contribution >= 0.6 is 0 Å². The van der Waals surface area contributed by atoms with E-state index in [1.54, 1.807) is 0 Å². The standard InChI is InChI=1S/C26H41N3O/c1-3-4-17-29-25(30)28(21-24-13-9-6-10-14-24)22(2)26(29)15-18-27(19-16-26)20-23-11-7-5-8-12-23/h5,7-8,11-12,22,24H,3-4,6,9-10,13-21H2,1-2H3. The molecule has 1 aromatic carbocycles. The molecule has 30 heavy (non-hydrogen) atoms. The molecule has 166 valence electrons. The Labute approximate surface area is 183 Å². The molecule has 1 aromatic rings. The van der Waals surface area contributed by atoms with Gasteiger partial charge in [-0.1, -0.05) is 62.9 Å². The summed E-state index contributed by atoms with van der Waals surface area (Å²) in [5.41, 5.74) is 1.43. The summed E-state index contributed by atoms with van der Waals surface area (Å²) >= 11 is 0. The second-order valence-electron chi connectivity index (χ2n) is 9.99. The molecule has 2 amide bonds. The lowest BCUT2D eigenvalue weighted by Gasteiger charge is -2.46. The number of hydrogen-bond donors (Lipinski definition) is 0. The molecule has 4 nitrogen and oxygen atoms in total. The van der Waals surface area contributed by atoms with Crippen molar-refractivity contribution in [3.8, 4) is 0 Å². The molecule has 1 aliphatic carbocycles. The van der Waals surface area contributed by atoms with E-state index in [1.165, 1.54) is 37.7 Å². The van der Waals surface area contributed by atoms with Gasteiger partial charge in [0.05, 0.1) is 11.6 Å². The Kier molecular flexibility index (Phi) is 7.02. The summed E-state index contributed by atoms with van der Waals surface area (Å²) < 4.78 is 0. The van der Waals surface area contributed by atoms with Gasteiger partial charge in [-0.05, 0) is 50.5 Å². The number of carbonyl (C=O) groups is 1. The molecule has 1 saturated carbocycles. The first-order valence-electron chi connectivity index (χ1n) is 12.5. The van der Waals surface area contributed by atoms with Gasteiger partial charge in [0.25, 0.3) is 0 Å². The molecule has 0 radical (unpaired) electrons. The third-order valence-electron chi connectivity index (χ3n) is 8.15. The number of urea groups is 1. The van der Waals surface area contributed by atoms with E-state index in [1.807, 2.05) is 0 Å². The number of unbranched alkanes of at least 4 members (excludes halogenated alkanes) is 1. The number of nitrogens with zero attached hydrogens (tertiary/aromatic N) is 3. The van der Waals surface area contributed by atoms with Crippen molar-refractivity contribution in [1.29, 1.82) is 0 Å². The van der Waals surface area contributed by atoms with E-state index in [-0.39, 0.29) is 5.54 Å². The zero-order valence-corrected chi connectivity index (χ0v) is 19.2. The molecule has 0 bridgehead atoms. The summed E-state index contributed by atoms with van der Waals surface area (Å²) in [5.74, 6) is 0.714. The van der Waals surface area contributed by atoms with Crippen LogP contribution in [-0.2, 0) is 6.54 Å². The molecular weight excluding hydrogens is 370 g/mol. The molecule has 3 fully saturated rings. The zero-order chi connectivity index (χ0) is 21.0. The number of benzene rings is 1. The molecule has 0 aromatic heterocycles. The lowest BCUT2D eigenvalue weighted by Crippen LogP contribution is -2.57. The first-order valence-corrected chi connectivity index (χ1v) is 12.5. The first-order chi connectivity index (χ1) is 14.6. The van der Waals surface area contributed by atoms with Crippen LogP contribution in [0.15, 0.2) is 30.3 Å². The molecule has 2 aliphatic heterocycles. The van der Waals surface area contributed by atoms with E-state index >= 15 is 0 Å². The summed E-state index contributed by atoms with van der Waals surface area (Å²) in [6, 6.07) is 11.5. The van der Waals surface area contributed by atoms with Gasteiger partial charge in [-0.15, -0.1) is 0 Å². The first kappa shape index (κ1) is 21.7. The number of piperidine rings is 1. The fourth-order valence-corrected chi connectivity index (χ4v) is 6.17. The normalized spacial score (nSPS) is 25.4. The molecule has 0 N–H and O–H groups in total. The largest absolute Gasteiger partial charge is 0.320 e. The highest BCUT2D eigenvalue weighted by atomic mass is 16.2.